The molecule has 0 heterocycles. The molecule has 0 bridgehead atoms. The van der Waals surface area contributed by atoms with E-state index in [9.17, 15) is 9.59 Å². The summed E-state index contributed by atoms with van der Waals surface area (Å²) in [6, 6.07) is 4.29. The summed E-state index contributed by atoms with van der Waals surface area (Å²) in [6.07, 6.45) is 3.13. The van der Waals surface area contributed by atoms with Gasteiger partial charge in [-0.1, -0.05) is 6.92 Å². The van der Waals surface area contributed by atoms with Gasteiger partial charge in [0.05, 0.1) is 14.2 Å². The van der Waals surface area contributed by atoms with E-state index in [2.05, 4.69) is 5.32 Å². The predicted octanol–water partition coefficient (Wildman–Crippen LogP) is 1.70. The summed E-state index contributed by atoms with van der Waals surface area (Å²) in [5.41, 5.74) is 0.662. The fraction of sp³-hybridized carbons (Fsp3) is 0.333. The van der Waals surface area contributed by atoms with Gasteiger partial charge in [0.1, 0.15) is 17.5 Å². The van der Waals surface area contributed by atoms with Gasteiger partial charge in [-0.05, 0) is 30.7 Å². The molecule has 0 aliphatic rings. The first-order valence-corrected chi connectivity index (χ1v) is 6.45. The largest absolute Gasteiger partial charge is 0.497 e. The molecule has 0 fully saturated rings. The quantitative estimate of drug-likeness (QED) is 0.747. The minimum Gasteiger partial charge on any atom is -0.497 e. The van der Waals surface area contributed by atoms with Gasteiger partial charge in [0.15, 0.2) is 0 Å². The van der Waals surface area contributed by atoms with Crippen LogP contribution in [0.5, 0.6) is 11.5 Å². The SMILES string of the molecule is CCC(NC(=O)/C=C/c1cc(OC)ccc1OC)C(=O)O. The van der Waals surface area contributed by atoms with E-state index < -0.39 is 17.9 Å². The van der Waals surface area contributed by atoms with E-state index >= 15 is 0 Å². The highest BCUT2D eigenvalue weighted by Crippen LogP contribution is 2.24. The molecule has 0 aliphatic carbocycles. The lowest BCUT2D eigenvalue weighted by Crippen LogP contribution is -2.39. The fourth-order valence-electron chi connectivity index (χ4n) is 1.69. The molecule has 0 aliphatic heterocycles. The molecule has 6 heteroatoms. The third-order valence-corrected chi connectivity index (χ3v) is 2.87. The van der Waals surface area contributed by atoms with Gasteiger partial charge in [-0.3, -0.25) is 4.79 Å². The van der Waals surface area contributed by atoms with E-state index in [0.29, 0.717) is 23.5 Å². The molecule has 1 aromatic rings. The summed E-state index contributed by atoms with van der Waals surface area (Å²) in [4.78, 5) is 22.6. The minimum absolute atomic E-state index is 0.317. The van der Waals surface area contributed by atoms with Crippen LogP contribution >= 0.6 is 0 Å². The summed E-state index contributed by atoms with van der Waals surface area (Å²) in [7, 11) is 3.07. The molecule has 0 radical (unpaired) electrons. The average Bonchev–Trinajstić information content (AvgIpc) is 2.49. The van der Waals surface area contributed by atoms with Crippen LogP contribution in [0.3, 0.4) is 0 Å². The Balaban J connectivity index is 2.84. The van der Waals surface area contributed by atoms with Crippen LogP contribution in [0.2, 0.25) is 0 Å². The molecule has 0 spiro atoms. The number of carboxylic acids is 1. The zero-order chi connectivity index (χ0) is 15.8. The standard InChI is InChI=1S/C15H19NO5/c1-4-12(15(18)19)16-14(17)8-5-10-9-11(20-2)6-7-13(10)21-3/h5-9,12H,4H2,1-3H3,(H,16,17)(H,18,19)/b8-5+. The normalized spacial score (nSPS) is 12.0. The zero-order valence-electron chi connectivity index (χ0n) is 12.3. The van der Waals surface area contributed by atoms with Crippen molar-refractivity contribution in [2.75, 3.05) is 14.2 Å². The van der Waals surface area contributed by atoms with E-state index in [1.807, 2.05) is 0 Å². The number of methoxy groups -OCH3 is 2. The molecule has 0 saturated carbocycles. The number of carbonyl (C=O) groups is 2. The Morgan fingerprint density at radius 2 is 2.05 bits per heavy atom. The van der Waals surface area contributed by atoms with Crippen LogP contribution in [0.1, 0.15) is 18.9 Å². The Kier molecular flexibility index (Phi) is 6.26. The molecule has 6 nitrogen and oxygen atoms in total. The first-order chi connectivity index (χ1) is 10.0. The monoisotopic (exact) mass is 293 g/mol. The van der Waals surface area contributed by atoms with Crippen molar-refractivity contribution in [2.24, 2.45) is 0 Å². The zero-order valence-corrected chi connectivity index (χ0v) is 12.3. The van der Waals surface area contributed by atoms with Gasteiger partial charge < -0.3 is 19.9 Å². The number of hydrogen-bond donors (Lipinski definition) is 2. The smallest absolute Gasteiger partial charge is 0.326 e. The lowest BCUT2D eigenvalue weighted by Gasteiger charge is -2.10. The molecule has 1 aromatic carbocycles. The van der Waals surface area contributed by atoms with Crippen molar-refractivity contribution in [1.82, 2.24) is 5.32 Å². The molecule has 1 unspecified atom stereocenters. The highest BCUT2D eigenvalue weighted by atomic mass is 16.5. The third-order valence-electron chi connectivity index (χ3n) is 2.87. The number of carbonyl (C=O) groups excluding carboxylic acids is 1. The minimum atomic E-state index is -1.06. The molecule has 1 amide bonds. The number of hydrogen-bond acceptors (Lipinski definition) is 4. The highest BCUT2D eigenvalue weighted by molar-refractivity contribution is 5.94. The summed E-state index contributed by atoms with van der Waals surface area (Å²) >= 11 is 0. The average molecular weight is 293 g/mol. The summed E-state index contributed by atoms with van der Waals surface area (Å²) < 4.78 is 10.3. The van der Waals surface area contributed by atoms with Gasteiger partial charge in [-0.2, -0.15) is 0 Å². The van der Waals surface area contributed by atoms with Crippen LogP contribution in [-0.2, 0) is 9.59 Å². The highest BCUT2D eigenvalue weighted by Gasteiger charge is 2.15. The van der Waals surface area contributed by atoms with Crippen molar-refractivity contribution in [3.8, 4) is 11.5 Å². The Morgan fingerprint density at radius 1 is 1.33 bits per heavy atom. The van der Waals surface area contributed by atoms with E-state index in [-0.39, 0.29) is 0 Å². The number of aliphatic carboxylic acids is 1. The number of ether oxygens (including phenoxy) is 2. The van der Waals surface area contributed by atoms with Gasteiger partial charge in [-0.15, -0.1) is 0 Å². The van der Waals surface area contributed by atoms with Crippen molar-refractivity contribution in [2.45, 2.75) is 19.4 Å². The maximum atomic E-state index is 11.7. The first kappa shape index (κ1) is 16.6. The Labute approximate surface area is 123 Å². The third kappa shape index (κ3) is 4.83. The van der Waals surface area contributed by atoms with E-state index in [1.165, 1.54) is 13.2 Å². The second kappa shape index (κ2) is 7.94. The Morgan fingerprint density at radius 3 is 2.57 bits per heavy atom. The Bertz CT molecular complexity index is 539. The van der Waals surface area contributed by atoms with E-state index in [4.69, 9.17) is 14.6 Å². The number of rotatable bonds is 7. The second-order valence-corrected chi connectivity index (χ2v) is 4.25. The van der Waals surface area contributed by atoms with Crippen LogP contribution in [0.15, 0.2) is 24.3 Å². The van der Waals surface area contributed by atoms with Crippen LogP contribution in [-0.4, -0.2) is 37.2 Å². The van der Waals surface area contributed by atoms with Gasteiger partial charge >= 0.3 is 5.97 Å². The van der Waals surface area contributed by atoms with E-state index in [0.717, 1.165) is 0 Å². The molecule has 2 N–H and O–H groups in total. The summed E-state index contributed by atoms with van der Waals surface area (Å²) in [6.45, 7) is 1.69. The van der Waals surface area contributed by atoms with Crippen LogP contribution in [0.25, 0.3) is 6.08 Å². The molecule has 0 aromatic heterocycles. The van der Waals surface area contributed by atoms with Gasteiger partial charge in [0, 0.05) is 11.6 Å². The molecule has 0 saturated heterocycles. The number of amides is 1. The second-order valence-electron chi connectivity index (χ2n) is 4.25. The van der Waals surface area contributed by atoms with Gasteiger partial charge in [-0.25, -0.2) is 4.79 Å². The molecule has 21 heavy (non-hydrogen) atoms. The van der Waals surface area contributed by atoms with Crippen LogP contribution in [0.4, 0.5) is 0 Å². The maximum Gasteiger partial charge on any atom is 0.326 e. The first-order valence-electron chi connectivity index (χ1n) is 6.45. The van der Waals surface area contributed by atoms with Crippen LogP contribution < -0.4 is 14.8 Å². The Hall–Kier alpha value is -2.50. The lowest BCUT2D eigenvalue weighted by atomic mass is 10.1. The van der Waals surface area contributed by atoms with Crippen molar-refractivity contribution in [1.29, 1.82) is 0 Å². The lowest BCUT2D eigenvalue weighted by molar-refractivity contribution is -0.141. The number of benzene rings is 1. The molecule has 1 atom stereocenters. The van der Waals surface area contributed by atoms with Crippen molar-refractivity contribution < 1.29 is 24.2 Å². The van der Waals surface area contributed by atoms with Gasteiger partial charge in [0.2, 0.25) is 5.91 Å². The summed E-state index contributed by atoms with van der Waals surface area (Å²) in [5.74, 6) is -0.315. The topological polar surface area (TPSA) is 84.9 Å². The summed E-state index contributed by atoms with van der Waals surface area (Å²) in [5, 5.41) is 11.3. The van der Waals surface area contributed by atoms with Gasteiger partial charge in [0.25, 0.3) is 0 Å². The van der Waals surface area contributed by atoms with Crippen LogP contribution in [0, 0.1) is 0 Å². The predicted molar refractivity (Wildman–Crippen MR) is 78.4 cm³/mol. The maximum absolute atomic E-state index is 11.7. The van der Waals surface area contributed by atoms with Crippen molar-refractivity contribution in [3.63, 3.8) is 0 Å². The molecule has 1 rings (SSSR count). The molecular weight excluding hydrogens is 274 g/mol. The number of carboxylic acid groups (broad SMARTS) is 1. The molecular formula is C15H19NO5. The van der Waals surface area contributed by atoms with E-state index in [1.54, 1.807) is 38.3 Å². The molecule has 114 valence electrons. The number of nitrogens with one attached hydrogen (secondary N) is 1. The van der Waals surface area contributed by atoms with Crippen molar-refractivity contribution >= 4 is 18.0 Å². The fourth-order valence-corrected chi connectivity index (χ4v) is 1.69. The van der Waals surface area contributed by atoms with Crippen molar-refractivity contribution in [3.05, 3.63) is 29.8 Å².